The van der Waals surface area contributed by atoms with Crippen LogP contribution in [0.5, 0.6) is 0 Å². The SMILES string of the molecule is Cc1cccc(-c2ncc(C(=O)O)c(C3CC3)n2)c1. The molecule has 4 heteroatoms. The number of aromatic carboxylic acids is 1. The molecule has 1 aliphatic carbocycles. The molecule has 0 unspecified atom stereocenters. The van der Waals surface area contributed by atoms with Crippen LogP contribution >= 0.6 is 0 Å². The molecule has 1 heterocycles. The number of rotatable bonds is 3. The summed E-state index contributed by atoms with van der Waals surface area (Å²) in [6.07, 6.45) is 3.47. The molecular weight excluding hydrogens is 240 g/mol. The minimum Gasteiger partial charge on any atom is -0.478 e. The maximum absolute atomic E-state index is 11.2. The predicted octanol–water partition coefficient (Wildman–Crippen LogP) is 3.03. The zero-order chi connectivity index (χ0) is 13.4. The van der Waals surface area contributed by atoms with Gasteiger partial charge in [-0.2, -0.15) is 0 Å². The summed E-state index contributed by atoms with van der Waals surface area (Å²) >= 11 is 0. The fourth-order valence-corrected chi connectivity index (χ4v) is 2.15. The summed E-state index contributed by atoms with van der Waals surface area (Å²) in [5.41, 5.74) is 2.98. The molecule has 0 aliphatic heterocycles. The minimum absolute atomic E-state index is 0.235. The fraction of sp³-hybridized carbons (Fsp3) is 0.267. The van der Waals surface area contributed by atoms with Gasteiger partial charge in [0.25, 0.3) is 0 Å². The lowest BCUT2D eigenvalue weighted by molar-refractivity contribution is 0.0694. The van der Waals surface area contributed by atoms with E-state index in [4.69, 9.17) is 5.11 Å². The van der Waals surface area contributed by atoms with Gasteiger partial charge in [-0.1, -0.05) is 23.8 Å². The lowest BCUT2D eigenvalue weighted by Gasteiger charge is -2.07. The molecule has 1 N–H and O–H groups in total. The summed E-state index contributed by atoms with van der Waals surface area (Å²) in [4.78, 5) is 19.8. The van der Waals surface area contributed by atoms with Crippen LogP contribution in [0.1, 0.15) is 40.4 Å². The van der Waals surface area contributed by atoms with E-state index >= 15 is 0 Å². The molecule has 4 nitrogen and oxygen atoms in total. The Morgan fingerprint density at radius 2 is 2.16 bits per heavy atom. The Balaban J connectivity index is 2.08. The van der Waals surface area contributed by atoms with E-state index in [0.717, 1.165) is 24.0 Å². The third-order valence-electron chi connectivity index (χ3n) is 3.29. The summed E-state index contributed by atoms with van der Waals surface area (Å²) in [6.45, 7) is 2.01. The van der Waals surface area contributed by atoms with E-state index in [1.165, 1.54) is 6.20 Å². The molecule has 1 aromatic carbocycles. The van der Waals surface area contributed by atoms with E-state index in [-0.39, 0.29) is 11.5 Å². The fourth-order valence-electron chi connectivity index (χ4n) is 2.15. The first kappa shape index (κ1) is 11.8. The summed E-state index contributed by atoms with van der Waals surface area (Å²) < 4.78 is 0. The smallest absolute Gasteiger partial charge is 0.339 e. The molecule has 1 saturated carbocycles. The molecule has 3 rings (SSSR count). The summed E-state index contributed by atoms with van der Waals surface area (Å²) in [7, 11) is 0. The van der Waals surface area contributed by atoms with E-state index in [1.54, 1.807) is 0 Å². The number of nitrogens with zero attached hydrogens (tertiary/aromatic N) is 2. The Kier molecular flexibility index (Phi) is 2.78. The molecule has 0 atom stereocenters. The van der Waals surface area contributed by atoms with E-state index in [1.807, 2.05) is 31.2 Å². The highest BCUT2D eigenvalue weighted by Crippen LogP contribution is 2.41. The predicted molar refractivity (Wildman–Crippen MR) is 71.1 cm³/mol. The molecule has 0 spiro atoms. The molecule has 0 radical (unpaired) electrons. The van der Waals surface area contributed by atoms with Crippen molar-refractivity contribution in [3.8, 4) is 11.4 Å². The largest absolute Gasteiger partial charge is 0.478 e. The maximum Gasteiger partial charge on any atom is 0.339 e. The third-order valence-corrected chi connectivity index (χ3v) is 3.29. The molecule has 0 saturated heterocycles. The first-order valence-electron chi connectivity index (χ1n) is 6.32. The molecule has 1 aliphatic rings. The van der Waals surface area contributed by atoms with Gasteiger partial charge < -0.3 is 5.11 Å². The lowest BCUT2D eigenvalue weighted by atomic mass is 10.1. The van der Waals surface area contributed by atoms with Gasteiger partial charge >= 0.3 is 5.97 Å². The van der Waals surface area contributed by atoms with Crippen molar-refractivity contribution in [2.45, 2.75) is 25.7 Å². The number of carboxylic acid groups (broad SMARTS) is 1. The van der Waals surface area contributed by atoms with Crippen LogP contribution in [-0.4, -0.2) is 21.0 Å². The third kappa shape index (κ3) is 2.34. The van der Waals surface area contributed by atoms with Crippen molar-refractivity contribution in [2.75, 3.05) is 0 Å². The van der Waals surface area contributed by atoms with Crippen molar-refractivity contribution in [1.82, 2.24) is 9.97 Å². The van der Waals surface area contributed by atoms with Gasteiger partial charge in [0.15, 0.2) is 5.82 Å². The average molecular weight is 254 g/mol. The van der Waals surface area contributed by atoms with Gasteiger partial charge in [0.05, 0.1) is 11.3 Å². The van der Waals surface area contributed by atoms with Gasteiger partial charge in [-0.3, -0.25) is 0 Å². The Bertz CT molecular complexity index is 648. The van der Waals surface area contributed by atoms with Crippen LogP contribution in [0.2, 0.25) is 0 Å². The molecule has 1 fully saturated rings. The second-order valence-corrected chi connectivity index (χ2v) is 4.94. The molecule has 2 aromatic rings. The van der Waals surface area contributed by atoms with Gasteiger partial charge in [-0.25, -0.2) is 14.8 Å². The second kappa shape index (κ2) is 4.46. The Morgan fingerprint density at radius 1 is 1.37 bits per heavy atom. The quantitative estimate of drug-likeness (QED) is 0.914. The van der Waals surface area contributed by atoms with Crippen LogP contribution in [0.15, 0.2) is 30.5 Å². The van der Waals surface area contributed by atoms with Gasteiger partial charge in [0.1, 0.15) is 0 Å². The Hall–Kier alpha value is -2.23. The molecule has 96 valence electrons. The van der Waals surface area contributed by atoms with Gasteiger partial charge in [-0.15, -0.1) is 0 Å². The second-order valence-electron chi connectivity index (χ2n) is 4.94. The van der Waals surface area contributed by atoms with E-state index in [2.05, 4.69) is 9.97 Å². The van der Waals surface area contributed by atoms with Crippen molar-refractivity contribution in [2.24, 2.45) is 0 Å². The highest BCUT2D eigenvalue weighted by Gasteiger charge is 2.30. The molecular formula is C15H14N2O2. The number of benzene rings is 1. The van der Waals surface area contributed by atoms with Crippen LogP contribution in [0, 0.1) is 6.92 Å². The number of carboxylic acids is 1. The van der Waals surface area contributed by atoms with Crippen LogP contribution in [0.25, 0.3) is 11.4 Å². The van der Waals surface area contributed by atoms with Gasteiger partial charge in [0.2, 0.25) is 0 Å². The molecule has 1 aromatic heterocycles. The molecule has 19 heavy (non-hydrogen) atoms. The lowest BCUT2D eigenvalue weighted by Crippen LogP contribution is -2.06. The van der Waals surface area contributed by atoms with Crippen molar-refractivity contribution in [3.05, 3.63) is 47.3 Å². The van der Waals surface area contributed by atoms with E-state index in [0.29, 0.717) is 11.5 Å². The monoisotopic (exact) mass is 254 g/mol. The number of hydrogen-bond donors (Lipinski definition) is 1. The van der Waals surface area contributed by atoms with E-state index < -0.39 is 5.97 Å². The number of aryl methyl sites for hydroxylation is 1. The average Bonchev–Trinajstić information content (AvgIpc) is 3.22. The highest BCUT2D eigenvalue weighted by atomic mass is 16.4. The minimum atomic E-state index is -0.947. The standard InChI is InChI=1S/C15H14N2O2/c1-9-3-2-4-11(7-9)14-16-8-12(15(18)19)13(17-14)10-5-6-10/h2-4,7-8,10H,5-6H2,1H3,(H,18,19). The Labute approximate surface area is 111 Å². The zero-order valence-corrected chi connectivity index (χ0v) is 10.6. The summed E-state index contributed by atoms with van der Waals surface area (Å²) in [6, 6.07) is 7.92. The molecule has 0 bridgehead atoms. The first-order chi connectivity index (χ1) is 9.15. The van der Waals surface area contributed by atoms with Crippen LogP contribution in [0.4, 0.5) is 0 Å². The normalized spacial score (nSPS) is 14.4. The van der Waals surface area contributed by atoms with Crippen LogP contribution in [-0.2, 0) is 0 Å². The number of aromatic nitrogens is 2. The molecule has 0 amide bonds. The van der Waals surface area contributed by atoms with Gasteiger partial charge in [0, 0.05) is 17.7 Å². The summed E-state index contributed by atoms with van der Waals surface area (Å²) in [5.74, 6) is -0.0500. The van der Waals surface area contributed by atoms with E-state index in [9.17, 15) is 4.79 Å². The zero-order valence-electron chi connectivity index (χ0n) is 10.6. The number of carbonyl (C=O) groups is 1. The summed E-state index contributed by atoms with van der Waals surface area (Å²) in [5, 5.41) is 9.17. The Morgan fingerprint density at radius 3 is 2.79 bits per heavy atom. The van der Waals surface area contributed by atoms with Crippen molar-refractivity contribution >= 4 is 5.97 Å². The van der Waals surface area contributed by atoms with Crippen molar-refractivity contribution in [1.29, 1.82) is 0 Å². The van der Waals surface area contributed by atoms with Crippen molar-refractivity contribution < 1.29 is 9.90 Å². The van der Waals surface area contributed by atoms with Gasteiger partial charge in [-0.05, 0) is 25.8 Å². The first-order valence-corrected chi connectivity index (χ1v) is 6.32. The highest BCUT2D eigenvalue weighted by molar-refractivity contribution is 5.89. The van der Waals surface area contributed by atoms with Crippen LogP contribution < -0.4 is 0 Å². The number of hydrogen-bond acceptors (Lipinski definition) is 3. The van der Waals surface area contributed by atoms with Crippen molar-refractivity contribution in [3.63, 3.8) is 0 Å². The maximum atomic E-state index is 11.2. The topological polar surface area (TPSA) is 63.1 Å². The van der Waals surface area contributed by atoms with Crippen LogP contribution in [0.3, 0.4) is 0 Å².